The molecular weight excluding hydrogens is 258 g/mol. The molecule has 21 heavy (non-hydrogen) atoms. The number of para-hydroxylation sites is 2. The predicted octanol–water partition coefficient (Wildman–Crippen LogP) is 4.08. The molecule has 0 fully saturated rings. The second kappa shape index (κ2) is 5.52. The number of nitrogens with zero attached hydrogens (tertiary/aromatic N) is 2. The van der Waals surface area contributed by atoms with Gasteiger partial charge in [-0.1, -0.05) is 50.2 Å². The van der Waals surface area contributed by atoms with Crippen molar-refractivity contribution in [3.63, 3.8) is 0 Å². The van der Waals surface area contributed by atoms with Gasteiger partial charge in [0.2, 0.25) is 0 Å². The zero-order chi connectivity index (χ0) is 14.8. The lowest BCUT2D eigenvalue weighted by Gasteiger charge is -2.08. The number of nitrogens with two attached hydrogens (primary N) is 1. The van der Waals surface area contributed by atoms with Crippen LogP contribution in [0.3, 0.4) is 0 Å². The molecule has 1 heterocycles. The van der Waals surface area contributed by atoms with Crippen molar-refractivity contribution in [1.29, 1.82) is 0 Å². The number of hydrogen-bond donors (Lipinski definition) is 1. The Kier molecular flexibility index (Phi) is 3.57. The summed E-state index contributed by atoms with van der Waals surface area (Å²) in [5.74, 6) is 1.13. The van der Waals surface area contributed by atoms with Crippen molar-refractivity contribution in [3.05, 3.63) is 54.1 Å². The molecule has 3 rings (SSSR count). The normalized spacial score (nSPS) is 11.2. The van der Waals surface area contributed by atoms with E-state index in [0.29, 0.717) is 11.7 Å². The molecule has 2 aromatic carbocycles. The fraction of sp³-hybridized carbons (Fsp3) is 0.222. The average Bonchev–Trinajstić information content (AvgIpc) is 2.47. The Morgan fingerprint density at radius 1 is 0.905 bits per heavy atom. The molecule has 0 saturated carbocycles. The van der Waals surface area contributed by atoms with Crippen LogP contribution in [0.15, 0.2) is 48.5 Å². The molecule has 0 spiro atoms. The Labute approximate surface area is 124 Å². The van der Waals surface area contributed by atoms with Crippen LogP contribution in [-0.2, 0) is 6.42 Å². The lowest BCUT2D eigenvalue weighted by Crippen LogP contribution is -1.99. The summed E-state index contributed by atoms with van der Waals surface area (Å²) in [7, 11) is 0. The molecule has 2 N–H and O–H groups in total. The fourth-order valence-corrected chi connectivity index (χ4v) is 2.50. The van der Waals surface area contributed by atoms with Crippen LogP contribution in [0.25, 0.3) is 22.3 Å². The smallest absolute Gasteiger partial charge is 0.150 e. The first kappa shape index (κ1) is 13.6. The molecule has 0 bridgehead atoms. The van der Waals surface area contributed by atoms with Gasteiger partial charge in [-0.15, -0.1) is 0 Å². The summed E-state index contributed by atoms with van der Waals surface area (Å²) in [5.41, 5.74) is 10.9. The first-order chi connectivity index (χ1) is 10.1. The third kappa shape index (κ3) is 2.87. The van der Waals surface area contributed by atoms with Crippen molar-refractivity contribution >= 4 is 16.9 Å². The van der Waals surface area contributed by atoms with Crippen LogP contribution in [0.5, 0.6) is 0 Å². The Morgan fingerprint density at radius 2 is 1.52 bits per heavy atom. The minimum Gasteiger partial charge on any atom is -0.382 e. The summed E-state index contributed by atoms with van der Waals surface area (Å²) in [6, 6.07) is 16.2. The van der Waals surface area contributed by atoms with E-state index in [9.17, 15) is 0 Å². The molecule has 0 amide bonds. The average molecular weight is 277 g/mol. The van der Waals surface area contributed by atoms with Crippen LogP contribution in [-0.4, -0.2) is 9.97 Å². The van der Waals surface area contributed by atoms with E-state index in [2.05, 4.69) is 48.1 Å². The van der Waals surface area contributed by atoms with Crippen LogP contribution in [0.4, 0.5) is 5.82 Å². The van der Waals surface area contributed by atoms with Crippen LogP contribution in [0.2, 0.25) is 0 Å². The largest absolute Gasteiger partial charge is 0.382 e. The lowest BCUT2D eigenvalue weighted by molar-refractivity contribution is 0.647. The van der Waals surface area contributed by atoms with Crippen molar-refractivity contribution in [2.24, 2.45) is 5.92 Å². The van der Waals surface area contributed by atoms with E-state index in [1.54, 1.807) is 0 Å². The molecule has 106 valence electrons. The van der Waals surface area contributed by atoms with Crippen LogP contribution < -0.4 is 5.73 Å². The first-order valence-electron chi connectivity index (χ1n) is 7.25. The minimum absolute atomic E-state index is 0.477. The lowest BCUT2D eigenvalue weighted by atomic mass is 10.0. The molecular formula is C18H19N3. The summed E-state index contributed by atoms with van der Waals surface area (Å²) in [5, 5.41) is 0. The summed E-state index contributed by atoms with van der Waals surface area (Å²) in [6.45, 7) is 4.45. The molecule has 3 aromatic rings. The van der Waals surface area contributed by atoms with Crippen LogP contribution in [0.1, 0.15) is 19.4 Å². The van der Waals surface area contributed by atoms with E-state index in [4.69, 9.17) is 5.73 Å². The molecule has 0 aliphatic carbocycles. The summed E-state index contributed by atoms with van der Waals surface area (Å²) < 4.78 is 0. The molecule has 3 nitrogen and oxygen atoms in total. The van der Waals surface area contributed by atoms with Crippen LogP contribution in [0, 0.1) is 5.92 Å². The maximum Gasteiger partial charge on any atom is 0.150 e. The molecule has 0 saturated heterocycles. The zero-order valence-electron chi connectivity index (χ0n) is 12.4. The number of benzene rings is 2. The van der Waals surface area contributed by atoms with E-state index in [1.807, 2.05) is 24.3 Å². The Bertz CT molecular complexity index is 761. The van der Waals surface area contributed by atoms with Crippen molar-refractivity contribution in [3.8, 4) is 11.3 Å². The summed E-state index contributed by atoms with van der Waals surface area (Å²) >= 11 is 0. The maximum atomic E-state index is 6.06. The number of anilines is 1. The summed E-state index contributed by atoms with van der Waals surface area (Å²) in [6.07, 6.45) is 1.08. The Morgan fingerprint density at radius 3 is 2.14 bits per heavy atom. The highest BCUT2D eigenvalue weighted by Crippen LogP contribution is 2.25. The Hall–Kier alpha value is -2.42. The van der Waals surface area contributed by atoms with Gasteiger partial charge in [0.25, 0.3) is 0 Å². The topological polar surface area (TPSA) is 51.8 Å². The highest BCUT2D eigenvalue weighted by Gasteiger charge is 2.08. The highest BCUT2D eigenvalue weighted by molar-refractivity contribution is 5.82. The highest BCUT2D eigenvalue weighted by atomic mass is 14.9. The number of aromatic nitrogens is 2. The number of nitrogen functional groups attached to an aromatic ring is 1. The van der Waals surface area contributed by atoms with E-state index in [1.165, 1.54) is 5.56 Å². The number of rotatable bonds is 3. The second-order valence-corrected chi connectivity index (χ2v) is 5.74. The van der Waals surface area contributed by atoms with Gasteiger partial charge in [-0.3, -0.25) is 0 Å². The molecule has 3 heteroatoms. The van der Waals surface area contributed by atoms with Gasteiger partial charge >= 0.3 is 0 Å². The third-order valence-corrected chi connectivity index (χ3v) is 3.47. The van der Waals surface area contributed by atoms with E-state index < -0.39 is 0 Å². The quantitative estimate of drug-likeness (QED) is 0.785. The van der Waals surface area contributed by atoms with Crippen molar-refractivity contribution in [2.75, 3.05) is 5.73 Å². The van der Waals surface area contributed by atoms with E-state index >= 15 is 0 Å². The predicted molar refractivity (Wildman–Crippen MR) is 87.9 cm³/mol. The molecule has 0 radical (unpaired) electrons. The molecule has 0 unspecified atom stereocenters. The second-order valence-electron chi connectivity index (χ2n) is 5.74. The van der Waals surface area contributed by atoms with E-state index in [0.717, 1.165) is 28.7 Å². The van der Waals surface area contributed by atoms with E-state index in [-0.39, 0.29) is 0 Å². The standard InChI is InChI=1S/C18H19N3/c1-12(2)11-13-7-9-14(10-8-13)17-18(19)21-16-6-4-3-5-15(16)20-17/h3-10,12H,11H2,1-2H3,(H2,19,21). The summed E-state index contributed by atoms with van der Waals surface area (Å²) in [4.78, 5) is 9.09. The van der Waals surface area contributed by atoms with Gasteiger partial charge < -0.3 is 5.73 Å². The molecule has 0 aliphatic heterocycles. The fourth-order valence-electron chi connectivity index (χ4n) is 2.50. The molecule has 0 atom stereocenters. The van der Waals surface area contributed by atoms with Gasteiger partial charge in [-0.25, -0.2) is 9.97 Å². The first-order valence-corrected chi connectivity index (χ1v) is 7.25. The van der Waals surface area contributed by atoms with Crippen molar-refractivity contribution in [2.45, 2.75) is 20.3 Å². The maximum absolute atomic E-state index is 6.06. The van der Waals surface area contributed by atoms with Gasteiger partial charge in [0, 0.05) is 5.56 Å². The van der Waals surface area contributed by atoms with Crippen molar-refractivity contribution in [1.82, 2.24) is 9.97 Å². The molecule has 1 aromatic heterocycles. The monoisotopic (exact) mass is 277 g/mol. The SMILES string of the molecule is CC(C)Cc1ccc(-c2nc3ccccc3nc2N)cc1. The van der Waals surface area contributed by atoms with Crippen molar-refractivity contribution < 1.29 is 0 Å². The minimum atomic E-state index is 0.477. The van der Waals surface area contributed by atoms with Gasteiger partial charge in [0.15, 0.2) is 5.82 Å². The zero-order valence-corrected chi connectivity index (χ0v) is 12.4. The number of hydrogen-bond acceptors (Lipinski definition) is 3. The van der Waals surface area contributed by atoms with Gasteiger partial charge in [-0.2, -0.15) is 0 Å². The van der Waals surface area contributed by atoms with Crippen LogP contribution >= 0.6 is 0 Å². The van der Waals surface area contributed by atoms with Gasteiger partial charge in [0.05, 0.1) is 11.0 Å². The number of fused-ring (bicyclic) bond motifs is 1. The van der Waals surface area contributed by atoms with Gasteiger partial charge in [0.1, 0.15) is 5.69 Å². The third-order valence-electron chi connectivity index (χ3n) is 3.47. The molecule has 0 aliphatic rings. The van der Waals surface area contributed by atoms with Gasteiger partial charge in [-0.05, 0) is 30.0 Å². The Balaban J connectivity index is 2.01.